The molecular formula is C10H8ClN3O3. The Balaban J connectivity index is 2.62. The van der Waals surface area contributed by atoms with Gasteiger partial charge in [0, 0.05) is 17.3 Å². The Morgan fingerprint density at radius 3 is 3.00 bits per heavy atom. The van der Waals surface area contributed by atoms with Crippen molar-refractivity contribution >= 4 is 23.2 Å². The first-order valence-corrected chi connectivity index (χ1v) is 5.23. The number of hydrogen-bond acceptors (Lipinski definition) is 5. The van der Waals surface area contributed by atoms with Gasteiger partial charge >= 0.3 is 5.97 Å². The SMILES string of the molecule is CCOC(=O)c1nnc2cc(Cl)ccn2c1=O. The van der Waals surface area contributed by atoms with Crippen LogP contribution in [0, 0.1) is 0 Å². The molecule has 88 valence electrons. The van der Waals surface area contributed by atoms with E-state index in [1.165, 1.54) is 22.7 Å². The molecule has 2 aromatic rings. The molecular weight excluding hydrogens is 246 g/mol. The van der Waals surface area contributed by atoms with Gasteiger partial charge in [0.15, 0.2) is 5.65 Å². The second-order valence-electron chi connectivity index (χ2n) is 3.15. The second kappa shape index (κ2) is 4.50. The molecule has 0 saturated carbocycles. The third kappa shape index (κ3) is 2.12. The number of hydrogen-bond donors (Lipinski definition) is 0. The van der Waals surface area contributed by atoms with E-state index in [0.29, 0.717) is 5.02 Å². The molecule has 6 nitrogen and oxygen atoms in total. The van der Waals surface area contributed by atoms with Crippen LogP contribution in [0.3, 0.4) is 0 Å². The lowest BCUT2D eigenvalue weighted by atomic mass is 10.4. The highest BCUT2D eigenvalue weighted by atomic mass is 35.5. The summed E-state index contributed by atoms with van der Waals surface area (Å²) in [5, 5.41) is 7.72. The average molecular weight is 254 g/mol. The summed E-state index contributed by atoms with van der Waals surface area (Å²) < 4.78 is 5.89. The second-order valence-corrected chi connectivity index (χ2v) is 3.58. The van der Waals surface area contributed by atoms with E-state index < -0.39 is 11.5 Å². The lowest BCUT2D eigenvalue weighted by molar-refractivity contribution is 0.0515. The summed E-state index contributed by atoms with van der Waals surface area (Å²) in [4.78, 5) is 23.3. The van der Waals surface area contributed by atoms with Gasteiger partial charge in [-0.25, -0.2) is 4.79 Å². The molecule has 0 spiro atoms. The predicted octanol–water partition coefficient (Wildman–Crippen LogP) is 0.920. The summed E-state index contributed by atoms with van der Waals surface area (Å²) >= 11 is 5.75. The molecule has 17 heavy (non-hydrogen) atoms. The molecule has 2 rings (SSSR count). The van der Waals surface area contributed by atoms with Crippen LogP contribution in [0.4, 0.5) is 0 Å². The lowest BCUT2D eigenvalue weighted by Gasteiger charge is -2.02. The molecule has 0 radical (unpaired) electrons. The van der Waals surface area contributed by atoms with Gasteiger partial charge in [0.05, 0.1) is 6.61 Å². The molecule has 0 N–H and O–H groups in total. The largest absolute Gasteiger partial charge is 0.461 e. The Bertz CT molecular complexity index is 638. The van der Waals surface area contributed by atoms with Crippen molar-refractivity contribution in [2.24, 2.45) is 0 Å². The summed E-state index contributed by atoms with van der Waals surface area (Å²) in [7, 11) is 0. The van der Waals surface area contributed by atoms with Crippen LogP contribution in [0.25, 0.3) is 5.65 Å². The standard InChI is InChI=1S/C10H8ClN3O3/c1-2-17-10(16)8-9(15)14-4-3-6(11)5-7(14)12-13-8/h3-5H,2H2,1H3. The molecule has 0 unspecified atom stereocenters. The van der Waals surface area contributed by atoms with E-state index in [1.54, 1.807) is 6.92 Å². The molecule has 0 atom stereocenters. The lowest BCUT2D eigenvalue weighted by Crippen LogP contribution is -2.26. The van der Waals surface area contributed by atoms with Crippen LogP contribution in [-0.2, 0) is 4.74 Å². The molecule has 0 saturated heterocycles. The smallest absolute Gasteiger partial charge is 0.364 e. The molecule has 0 aliphatic rings. The maximum Gasteiger partial charge on any atom is 0.364 e. The first-order valence-electron chi connectivity index (χ1n) is 4.85. The number of aromatic nitrogens is 3. The third-order valence-corrected chi connectivity index (χ3v) is 2.27. The molecule has 7 heteroatoms. The van der Waals surface area contributed by atoms with Gasteiger partial charge in [-0.05, 0) is 13.0 Å². The molecule has 0 aliphatic heterocycles. The summed E-state index contributed by atoms with van der Waals surface area (Å²) in [6.45, 7) is 1.81. The van der Waals surface area contributed by atoms with Crippen LogP contribution in [0.1, 0.15) is 17.4 Å². The Kier molecular flexibility index (Phi) is 3.06. The van der Waals surface area contributed by atoms with Crippen LogP contribution < -0.4 is 5.56 Å². The van der Waals surface area contributed by atoms with E-state index in [-0.39, 0.29) is 17.9 Å². The van der Waals surface area contributed by atoms with Crippen LogP contribution in [0.2, 0.25) is 5.02 Å². The topological polar surface area (TPSA) is 73.6 Å². The highest BCUT2D eigenvalue weighted by Crippen LogP contribution is 2.08. The van der Waals surface area contributed by atoms with E-state index in [9.17, 15) is 9.59 Å². The maximum absolute atomic E-state index is 11.9. The van der Waals surface area contributed by atoms with Gasteiger partial charge in [-0.3, -0.25) is 9.20 Å². The third-order valence-electron chi connectivity index (χ3n) is 2.04. The van der Waals surface area contributed by atoms with Crippen LogP contribution in [-0.4, -0.2) is 27.2 Å². The van der Waals surface area contributed by atoms with Crippen molar-refractivity contribution in [1.29, 1.82) is 0 Å². The van der Waals surface area contributed by atoms with Crippen molar-refractivity contribution < 1.29 is 9.53 Å². The highest BCUT2D eigenvalue weighted by Gasteiger charge is 2.16. The molecule has 0 aliphatic carbocycles. The van der Waals surface area contributed by atoms with Crippen LogP contribution in [0.15, 0.2) is 23.1 Å². The van der Waals surface area contributed by atoms with Gasteiger partial charge in [0.25, 0.3) is 5.56 Å². The Labute approximate surface area is 101 Å². The number of rotatable bonds is 2. The van der Waals surface area contributed by atoms with Crippen molar-refractivity contribution in [2.75, 3.05) is 6.61 Å². The molecule has 0 aromatic carbocycles. The molecule has 0 amide bonds. The zero-order valence-corrected chi connectivity index (χ0v) is 9.64. The predicted molar refractivity (Wildman–Crippen MR) is 60.2 cm³/mol. The van der Waals surface area contributed by atoms with Crippen molar-refractivity contribution in [2.45, 2.75) is 6.92 Å². The van der Waals surface area contributed by atoms with E-state index in [2.05, 4.69) is 10.2 Å². The quantitative estimate of drug-likeness (QED) is 0.744. The summed E-state index contributed by atoms with van der Waals surface area (Å²) in [6, 6.07) is 3.00. The van der Waals surface area contributed by atoms with Gasteiger partial charge in [-0.2, -0.15) is 0 Å². The number of ether oxygens (including phenoxy) is 1. The van der Waals surface area contributed by atoms with E-state index in [4.69, 9.17) is 16.3 Å². The van der Waals surface area contributed by atoms with Crippen LogP contribution >= 0.6 is 11.6 Å². The number of carbonyl (C=O) groups excluding carboxylic acids is 1. The molecule has 2 aromatic heterocycles. The summed E-state index contributed by atoms with van der Waals surface area (Å²) in [5.74, 6) is -0.783. The highest BCUT2D eigenvalue weighted by molar-refractivity contribution is 6.30. The zero-order chi connectivity index (χ0) is 12.4. The maximum atomic E-state index is 11.9. The van der Waals surface area contributed by atoms with Gasteiger partial charge in [-0.15, -0.1) is 10.2 Å². The zero-order valence-electron chi connectivity index (χ0n) is 8.88. The number of esters is 1. The number of halogens is 1. The summed E-state index contributed by atoms with van der Waals surface area (Å²) in [6.07, 6.45) is 1.43. The minimum atomic E-state index is -0.783. The van der Waals surface area contributed by atoms with Crippen molar-refractivity contribution in [3.8, 4) is 0 Å². The Hall–Kier alpha value is -1.95. The van der Waals surface area contributed by atoms with Crippen molar-refractivity contribution in [3.05, 3.63) is 39.4 Å². The van der Waals surface area contributed by atoms with Crippen molar-refractivity contribution in [3.63, 3.8) is 0 Å². The van der Waals surface area contributed by atoms with Gasteiger partial charge in [0.1, 0.15) is 0 Å². The normalized spacial score (nSPS) is 10.5. The van der Waals surface area contributed by atoms with Gasteiger partial charge in [-0.1, -0.05) is 11.6 Å². The fraction of sp³-hybridized carbons (Fsp3) is 0.200. The molecule has 2 heterocycles. The Morgan fingerprint density at radius 2 is 2.29 bits per heavy atom. The minimum absolute atomic E-state index is 0.170. The monoisotopic (exact) mass is 253 g/mol. The Morgan fingerprint density at radius 1 is 1.53 bits per heavy atom. The van der Waals surface area contributed by atoms with Gasteiger partial charge in [0.2, 0.25) is 5.69 Å². The van der Waals surface area contributed by atoms with Crippen molar-refractivity contribution in [1.82, 2.24) is 14.6 Å². The first-order chi connectivity index (χ1) is 8.13. The van der Waals surface area contributed by atoms with E-state index in [1.807, 2.05) is 0 Å². The fourth-order valence-electron chi connectivity index (χ4n) is 1.30. The van der Waals surface area contributed by atoms with Crippen LogP contribution in [0.5, 0.6) is 0 Å². The molecule has 0 bridgehead atoms. The van der Waals surface area contributed by atoms with E-state index >= 15 is 0 Å². The minimum Gasteiger partial charge on any atom is -0.461 e. The average Bonchev–Trinajstić information content (AvgIpc) is 2.29. The number of pyridine rings is 1. The number of fused-ring (bicyclic) bond motifs is 1. The molecule has 0 fully saturated rings. The number of carbonyl (C=O) groups is 1. The van der Waals surface area contributed by atoms with E-state index in [0.717, 1.165) is 0 Å². The summed E-state index contributed by atoms with van der Waals surface area (Å²) in [5.41, 5.74) is -0.646. The number of nitrogens with zero attached hydrogens (tertiary/aromatic N) is 3. The fourth-order valence-corrected chi connectivity index (χ4v) is 1.45. The first kappa shape index (κ1) is 11.5. The van der Waals surface area contributed by atoms with Gasteiger partial charge < -0.3 is 4.74 Å².